The third kappa shape index (κ3) is 1.81. The van der Waals surface area contributed by atoms with Gasteiger partial charge >= 0.3 is 0 Å². The summed E-state index contributed by atoms with van der Waals surface area (Å²) in [7, 11) is 3.15. The predicted octanol–water partition coefficient (Wildman–Crippen LogP) is 1.88. The van der Waals surface area contributed by atoms with Gasteiger partial charge in [-0.2, -0.15) is 5.06 Å². The number of ether oxygens (including phenoxy) is 3. The summed E-state index contributed by atoms with van der Waals surface area (Å²) in [5, 5.41) is 1.40. The Balaban J connectivity index is 1.52. The Morgan fingerprint density at radius 3 is 2.86 bits per heavy atom. The first-order valence-electron chi connectivity index (χ1n) is 9.96. The number of epoxide rings is 1. The van der Waals surface area contributed by atoms with Crippen molar-refractivity contribution in [3.8, 4) is 5.75 Å². The van der Waals surface area contributed by atoms with Crippen LogP contribution in [-0.4, -0.2) is 56.8 Å². The van der Waals surface area contributed by atoms with Crippen molar-refractivity contribution in [3.63, 3.8) is 0 Å². The number of nitrogens with zero attached hydrogens (tertiary/aromatic N) is 2. The van der Waals surface area contributed by atoms with Crippen LogP contribution in [0.25, 0.3) is 0 Å². The molecule has 0 unspecified atom stereocenters. The maximum atomic E-state index is 13.7. The summed E-state index contributed by atoms with van der Waals surface area (Å²) in [5.41, 5.74) is 0.643. The molecule has 6 aliphatic rings. The summed E-state index contributed by atoms with van der Waals surface area (Å²) in [4.78, 5) is 24.2. The van der Waals surface area contributed by atoms with E-state index < -0.39 is 5.41 Å². The predicted molar refractivity (Wildman–Crippen MR) is 101 cm³/mol. The molecule has 4 fully saturated rings. The van der Waals surface area contributed by atoms with Crippen LogP contribution in [0.15, 0.2) is 23.2 Å². The summed E-state index contributed by atoms with van der Waals surface area (Å²) in [6.07, 6.45) is 3.43. The average molecular weight is 384 g/mol. The number of carbonyl (C=O) groups is 1. The molecule has 1 amide bonds. The first-order chi connectivity index (χ1) is 13.5. The molecule has 7 heteroatoms. The van der Waals surface area contributed by atoms with E-state index in [1.165, 1.54) is 12.2 Å². The molecule has 4 bridgehead atoms. The lowest BCUT2D eigenvalue weighted by molar-refractivity contribution is -0.138. The van der Waals surface area contributed by atoms with Gasteiger partial charge in [0.05, 0.1) is 44.8 Å². The molecule has 5 aliphatic heterocycles. The van der Waals surface area contributed by atoms with E-state index in [1.54, 1.807) is 7.11 Å². The van der Waals surface area contributed by atoms with Crippen LogP contribution in [0.5, 0.6) is 5.75 Å². The van der Waals surface area contributed by atoms with Crippen LogP contribution in [0, 0.1) is 11.8 Å². The minimum absolute atomic E-state index is 0.0511. The van der Waals surface area contributed by atoms with E-state index in [1.807, 2.05) is 24.4 Å². The van der Waals surface area contributed by atoms with Gasteiger partial charge in [0.25, 0.3) is 5.91 Å². The van der Waals surface area contributed by atoms with Gasteiger partial charge in [0, 0.05) is 24.1 Å². The van der Waals surface area contributed by atoms with Gasteiger partial charge in [-0.3, -0.25) is 14.6 Å². The van der Waals surface area contributed by atoms with Gasteiger partial charge in [0.1, 0.15) is 16.8 Å². The highest BCUT2D eigenvalue weighted by molar-refractivity contribution is 6.07. The molecule has 2 spiro atoms. The first-order valence-corrected chi connectivity index (χ1v) is 9.96. The molecule has 28 heavy (non-hydrogen) atoms. The Morgan fingerprint density at radius 1 is 1.32 bits per heavy atom. The molecule has 0 radical (unpaired) electrons. The third-order valence-electron chi connectivity index (χ3n) is 7.71. The highest BCUT2D eigenvalue weighted by Gasteiger charge is 2.70. The van der Waals surface area contributed by atoms with Crippen molar-refractivity contribution in [3.05, 3.63) is 23.8 Å². The zero-order valence-corrected chi connectivity index (χ0v) is 16.3. The minimum Gasteiger partial charge on any atom is -0.497 e. The lowest BCUT2D eigenvalue weighted by Gasteiger charge is -2.41. The molecular weight excluding hydrogens is 360 g/mol. The largest absolute Gasteiger partial charge is 0.497 e. The highest BCUT2D eigenvalue weighted by atomic mass is 16.7. The summed E-state index contributed by atoms with van der Waals surface area (Å²) in [6, 6.07) is 5.82. The van der Waals surface area contributed by atoms with Gasteiger partial charge in [-0.1, -0.05) is 6.07 Å². The van der Waals surface area contributed by atoms with Gasteiger partial charge in [0.15, 0.2) is 0 Å². The van der Waals surface area contributed by atoms with Crippen molar-refractivity contribution >= 4 is 17.8 Å². The Morgan fingerprint density at radius 2 is 2.14 bits per heavy atom. The fraction of sp³-hybridized carbons (Fsp3) is 0.619. The van der Waals surface area contributed by atoms with Crippen LogP contribution in [0.3, 0.4) is 0 Å². The number of amides is 1. The molecule has 1 aromatic rings. The Bertz CT molecular complexity index is 903. The van der Waals surface area contributed by atoms with Gasteiger partial charge in [0.2, 0.25) is 0 Å². The molecule has 3 saturated heterocycles. The minimum atomic E-state index is -0.785. The zero-order chi connectivity index (χ0) is 19.3. The summed E-state index contributed by atoms with van der Waals surface area (Å²) in [5.74, 6) is 1.26. The second-order valence-corrected chi connectivity index (χ2v) is 8.63. The van der Waals surface area contributed by atoms with E-state index in [-0.39, 0.29) is 35.7 Å². The van der Waals surface area contributed by atoms with Crippen LogP contribution < -0.4 is 9.80 Å². The molecule has 1 aliphatic carbocycles. The SMILES string of the molecule is COc1ccc2c(c1)N(OC)C(=O)[C@@]21C[C@@H]2N=C[C@]3(O[C@H]3C)[C@@H]3C[C@H]1OC[C@H]23. The van der Waals surface area contributed by atoms with Gasteiger partial charge in [-0.05, 0) is 31.4 Å². The van der Waals surface area contributed by atoms with E-state index in [0.717, 1.165) is 17.7 Å². The van der Waals surface area contributed by atoms with Crippen molar-refractivity contribution in [1.82, 2.24) is 0 Å². The quantitative estimate of drug-likeness (QED) is 0.728. The maximum Gasteiger partial charge on any atom is 0.264 e. The molecule has 1 saturated carbocycles. The van der Waals surface area contributed by atoms with Crippen LogP contribution >= 0.6 is 0 Å². The lowest BCUT2D eigenvalue weighted by Crippen LogP contribution is -2.52. The number of aliphatic imine (C=N–C) groups is 1. The molecule has 7 rings (SSSR count). The van der Waals surface area contributed by atoms with E-state index in [4.69, 9.17) is 24.0 Å². The molecule has 0 aromatic heterocycles. The number of anilines is 1. The fourth-order valence-corrected chi connectivity index (χ4v) is 6.22. The van der Waals surface area contributed by atoms with Crippen molar-refractivity contribution in [2.45, 2.75) is 49.0 Å². The van der Waals surface area contributed by atoms with E-state index in [9.17, 15) is 4.79 Å². The lowest BCUT2D eigenvalue weighted by atomic mass is 9.71. The first kappa shape index (κ1) is 16.9. The van der Waals surface area contributed by atoms with Crippen molar-refractivity contribution in [2.24, 2.45) is 16.8 Å². The van der Waals surface area contributed by atoms with Crippen LogP contribution in [-0.2, 0) is 24.5 Å². The molecule has 7 nitrogen and oxygen atoms in total. The van der Waals surface area contributed by atoms with E-state index >= 15 is 0 Å². The number of fused-ring (bicyclic) bond motifs is 2. The highest BCUT2D eigenvalue weighted by Crippen LogP contribution is 2.60. The zero-order valence-electron chi connectivity index (χ0n) is 16.3. The van der Waals surface area contributed by atoms with Gasteiger partial charge < -0.3 is 14.2 Å². The van der Waals surface area contributed by atoms with E-state index in [0.29, 0.717) is 24.7 Å². The van der Waals surface area contributed by atoms with Crippen molar-refractivity contribution < 1.29 is 23.8 Å². The summed E-state index contributed by atoms with van der Waals surface area (Å²) in [6.45, 7) is 2.74. The van der Waals surface area contributed by atoms with Crippen molar-refractivity contribution in [2.75, 3.05) is 25.9 Å². The summed E-state index contributed by atoms with van der Waals surface area (Å²) < 4.78 is 17.7. The number of hydrogen-bond donors (Lipinski definition) is 0. The summed E-state index contributed by atoms with van der Waals surface area (Å²) >= 11 is 0. The molecule has 148 valence electrons. The maximum absolute atomic E-state index is 13.7. The average Bonchev–Trinajstić information content (AvgIpc) is 3.36. The smallest absolute Gasteiger partial charge is 0.264 e. The monoisotopic (exact) mass is 384 g/mol. The molecule has 0 N–H and O–H groups in total. The molecule has 7 atom stereocenters. The van der Waals surface area contributed by atoms with E-state index in [2.05, 4.69) is 6.92 Å². The number of benzene rings is 1. The number of carbonyl (C=O) groups excluding carboxylic acids is 1. The van der Waals surface area contributed by atoms with Crippen molar-refractivity contribution in [1.29, 1.82) is 0 Å². The second kappa shape index (κ2) is 5.34. The topological polar surface area (TPSA) is 72.9 Å². The third-order valence-corrected chi connectivity index (χ3v) is 7.71. The Labute approximate surface area is 163 Å². The number of hydrogen-bond acceptors (Lipinski definition) is 6. The number of hydroxylamine groups is 1. The fourth-order valence-electron chi connectivity index (χ4n) is 6.22. The van der Waals surface area contributed by atoms with Crippen LogP contribution in [0.1, 0.15) is 25.3 Å². The van der Waals surface area contributed by atoms with Gasteiger partial charge in [-0.25, -0.2) is 0 Å². The molecule has 1 aromatic carbocycles. The standard InChI is InChI=1S/C21H24N2O5/c1-11-21(28-11)10-22-16-8-20(18-7-15(21)13(16)9-27-18)14-5-4-12(25-2)6-17(14)23(26-3)19(20)24/h4-6,10-11,13,15-16,18H,7-9H2,1-3H3/t11-,13-,15+,16-,18+,20-,21+/m0/s1. The van der Waals surface area contributed by atoms with Gasteiger partial charge in [-0.15, -0.1) is 0 Å². The molecule has 5 heterocycles. The van der Waals surface area contributed by atoms with Crippen LogP contribution in [0.4, 0.5) is 5.69 Å². The second-order valence-electron chi connectivity index (χ2n) is 8.63. The van der Waals surface area contributed by atoms with Crippen LogP contribution in [0.2, 0.25) is 0 Å². The Hall–Kier alpha value is -1.96. The number of rotatable bonds is 2. The number of methoxy groups -OCH3 is 1. The Kier molecular flexibility index (Phi) is 3.23. The molecular formula is C21H24N2O5. The normalized spacial score (nSPS) is 44.9.